The van der Waals surface area contributed by atoms with Gasteiger partial charge in [-0.25, -0.2) is 14.4 Å². The smallest absolute Gasteiger partial charge is 0.255 e. The quantitative estimate of drug-likeness (QED) is 0.111. The average molecular weight is 592 g/mol. The fourth-order valence-electron chi connectivity index (χ4n) is 4.11. The van der Waals surface area contributed by atoms with Gasteiger partial charge in [0, 0.05) is 50.2 Å². The Labute approximate surface area is 244 Å². The zero-order chi connectivity index (χ0) is 29.6. The minimum atomic E-state index is -1.27. The van der Waals surface area contributed by atoms with Crippen LogP contribution in [0.4, 0.5) is 15.9 Å². The van der Waals surface area contributed by atoms with Crippen molar-refractivity contribution in [1.29, 1.82) is 0 Å². The Balaban J connectivity index is 1.74. The number of nitrogens with one attached hydrogen (secondary N) is 2. The number of aromatic nitrogens is 3. The monoisotopic (exact) mass is 591 g/mol. The standard InChI is InChI=1S/C30H34FN5O3SSi/c1-20(37)33-26-18-23(13-14-32-26)28-27(35-30(40-2)36(28)19-39-15-16-41(3,4)5)22-7-6-8-25(17-22)34-29(38)21-9-11-24(31)12-10-21/h6-14,17-18H,15-16,19H2,1-5H3,(H,34,38)(H,32,33,37). The van der Waals surface area contributed by atoms with Crippen LogP contribution in [0, 0.1) is 5.82 Å². The summed E-state index contributed by atoms with van der Waals surface area (Å²) in [5.41, 5.74) is 4.01. The molecule has 0 unspecified atom stereocenters. The van der Waals surface area contributed by atoms with Gasteiger partial charge in [-0.1, -0.05) is 43.5 Å². The second-order valence-electron chi connectivity index (χ2n) is 10.7. The van der Waals surface area contributed by atoms with Crippen molar-refractivity contribution in [2.24, 2.45) is 0 Å². The van der Waals surface area contributed by atoms with E-state index in [1.807, 2.05) is 41.2 Å². The molecule has 2 heterocycles. The molecule has 4 aromatic rings. The Hall–Kier alpha value is -3.80. The minimum absolute atomic E-state index is 0.215. The predicted octanol–water partition coefficient (Wildman–Crippen LogP) is 7.00. The molecule has 2 aromatic carbocycles. The van der Waals surface area contributed by atoms with Crippen LogP contribution in [0.5, 0.6) is 0 Å². The molecule has 0 aliphatic carbocycles. The van der Waals surface area contributed by atoms with Crippen molar-refractivity contribution in [2.45, 2.75) is 44.5 Å². The van der Waals surface area contributed by atoms with Gasteiger partial charge in [0.25, 0.3) is 5.91 Å². The summed E-state index contributed by atoms with van der Waals surface area (Å²) < 4.78 is 21.5. The first kappa shape index (κ1) is 30.2. The highest BCUT2D eigenvalue weighted by Gasteiger charge is 2.22. The van der Waals surface area contributed by atoms with E-state index in [9.17, 15) is 14.0 Å². The highest BCUT2D eigenvalue weighted by Crippen LogP contribution is 2.37. The third kappa shape index (κ3) is 8.12. The Morgan fingerprint density at radius 1 is 1.02 bits per heavy atom. The summed E-state index contributed by atoms with van der Waals surface area (Å²) in [6.07, 6.45) is 3.61. The van der Waals surface area contributed by atoms with Crippen LogP contribution in [-0.2, 0) is 16.3 Å². The number of nitrogens with zero attached hydrogens (tertiary/aromatic N) is 3. The molecule has 41 heavy (non-hydrogen) atoms. The highest BCUT2D eigenvalue weighted by atomic mass is 32.2. The molecule has 2 N–H and O–H groups in total. The summed E-state index contributed by atoms with van der Waals surface area (Å²) in [5.74, 6) is -0.534. The number of carbonyl (C=O) groups excluding carboxylic acids is 2. The Bertz CT molecular complexity index is 1540. The van der Waals surface area contributed by atoms with E-state index in [4.69, 9.17) is 9.72 Å². The summed E-state index contributed by atoms with van der Waals surface area (Å²) >= 11 is 1.51. The number of halogens is 1. The van der Waals surface area contributed by atoms with Crippen molar-refractivity contribution in [2.75, 3.05) is 23.5 Å². The molecule has 0 saturated carbocycles. The topological polar surface area (TPSA) is 98.1 Å². The van der Waals surface area contributed by atoms with Crippen molar-refractivity contribution in [3.05, 3.63) is 78.2 Å². The molecule has 4 rings (SSSR count). The van der Waals surface area contributed by atoms with Crippen molar-refractivity contribution < 1.29 is 18.7 Å². The first-order valence-electron chi connectivity index (χ1n) is 13.2. The number of ether oxygens (including phenoxy) is 1. The van der Waals surface area contributed by atoms with Crippen LogP contribution in [0.1, 0.15) is 17.3 Å². The van der Waals surface area contributed by atoms with Gasteiger partial charge in [-0.05, 0) is 60.8 Å². The molecule has 2 aromatic heterocycles. The number of imidazole rings is 1. The highest BCUT2D eigenvalue weighted by molar-refractivity contribution is 7.98. The molecule has 8 nitrogen and oxygen atoms in total. The van der Waals surface area contributed by atoms with Gasteiger partial charge in [0.05, 0.1) is 11.4 Å². The molecular formula is C30H34FN5O3SSi. The fourth-order valence-corrected chi connectivity index (χ4v) is 5.42. The average Bonchev–Trinajstić information content (AvgIpc) is 3.29. The molecule has 0 fully saturated rings. The number of hydrogen-bond acceptors (Lipinski definition) is 6. The number of amides is 2. The van der Waals surface area contributed by atoms with Gasteiger partial charge >= 0.3 is 0 Å². The van der Waals surface area contributed by atoms with Crippen LogP contribution >= 0.6 is 11.8 Å². The van der Waals surface area contributed by atoms with E-state index in [1.54, 1.807) is 12.3 Å². The second kappa shape index (κ2) is 13.2. The van der Waals surface area contributed by atoms with Crippen LogP contribution in [-0.4, -0.2) is 47.3 Å². The number of benzene rings is 2. The van der Waals surface area contributed by atoms with Gasteiger partial charge in [-0.2, -0.15) is 0 Å². The van der Waals surface area contributed by atoms with E-state index in [-0.39, 0.29) is 11.8 Å². The first-order valence-corrected chi connectivity index (χ1v) is 18.1. The summed E-state index contributed by atoms with van der Waals surface area (Å²) in [5, 5.41) is 6.41. The van der Waals surface area contributed by atoms with Crippen LogP contribution in [0.25, 0.3) is 22.5 Å². The van der Waals surface area contributed by atoms with Gasteiger partial charge in [-0.3, -0.25) is 14.2 Å². The lowest BCUT2D eigenvalue weighted by atomic mass is 10.0. The first-order chi connectivity index (χ1) is 19.5. The van der Waals surface area contributed by atoms with Crippen molar-refractivity contribution in [3.8, 4) is 22.5 Å². The van der Waals surface area contributed by atoms with Crippen molar-refractivity contribution in [1.82, 2.24) is 14.5 Å². The zero-order valence-corrected chi connectivity index (χ0v) is 25.6. The third-order valence-electron chi connectivity index (χ3n) is 6.17. The lowest BCUT2D eigenvalue weighted by Crippen LogP contribution is -2.22. The largest absolute Gasteiger partial charge is 0.361 e. The second-order valence-corrected chi connectivity index (χ2v) is 17.1. The van der Waals surface area contributed by atoms with Gasteiger partial charge < -0.3 is 15.4 Å². The fraction of sp³-hybridized carbons (Fsp3) is 0.267. The van der Waals surface area contributed by atoms with Gasteiger partial charge in [0.2, 0.25) is 5.91 Å². The molecule has 0 saturated heterocycles. The van der Waals surface area contributed by atoms with Gasteiger partial charge in [-0.15, -0.1) is 0 Å². The SMILES string of the molecule is CSc1nc(-c2cccc(NC(=O)c3ccc(F)cc3)c2)c(-c2ccnc(NC(C)=O)c2)n1COCC[Si](C)(C)C. The summed E-state index contributed by atoms with van der Waals surface area (Å²) in [6, 6.07) is 17.5. The van der Waals surface area contributed by atoms with Crippen LogP contribution in [0.15, 0.2) is 72.0 Å². The lowest BCUT2D eigenvalue weighted by Gasteiger charge is -2.17. The summed E-state index contributed by atoms with van der Waals surface area (Å²) in [7, 11) is -1.27. The van der Waals surface area contributed by atoms with E-state index in [1.165, 1.54) is 43.0 Å². The van der Waals surface area contributed by atoms with E-state index >= 15 is 0 Å². The number of thioether (sulfide) groups is 1. The molecular weight excluding hydrogens is 558 g/mol. The number of carbonyl (C=O) groups is 2. The van der Waals surface area contributed by atoms with E-state index in [2.05, 4.69) is 35.3 Å². The third-order valence-corrected chi connectivity index (χ3v) is 8.55. The van der Waals surface area contributed by atoms with Crippen molar-refractivity contribution in [3.63, 3.8) is 0 Å². The minimum Gasteiger partial charge on any atom is -0.361 e. The van der Waals surface area contributed by atoms with Crippen molar-refractivity contribution >= 4 is 43.2 Å². The molecule has 0 atom stereocenters. The van der Waals surface area contributed by atoms with Crippen LogP contribution in [0.3, 0.4) is 0 Å². The summed E-state index contributed by atoms with van der Waals surface area (Å²) in [4.78, 5) is 33.8. The Morgan fingerprint density at radius 2 is 1.78 bits per heavy atom. The summed E-state index contributed by atoms with van der Waals surface area (Å²) in [6.45, 7) is 9.33. The van der Waals surface area contributed by atoms with E-state index in [0.29, 0.717) is 36.1 Å². The van der Waals surface area contributed by atoms with Crippen LogP contribution < -0.4 is 10.6 Å². The van der Waals surface area contributed by atoms with E-state index in [0.717, 1.165) is 28.0 Å². The number of pyridine rings is 1. The van der Waals surface area contributed by atoms with Gasteiger partial charge in [0.15, 0.2) is 5.16 Å². The lowest BCUT2D eigenvalue weighted by molar-refractivity contribution is -0.114. The predicted molar refractivity (Wildman–Crippen MR) is 165 cm³/mol. The maximum Gasteiger partial charge on any atom is 0.255 e. The van der Waals surface area contributed by atoms with Crippen LogP contribution in [0.2, 0.25) is 25.7 Å². The Morgan fingerprint density at radius 3 is 2.46 bits per heavy atom. The molecule has 0 bridgehead atoms. The zero-order valence-electron chi connectivity index (χ0n) is 23.8. The molecule has 2 amide bonds. The number of hydrogen-bond donors (Lipinski definition) is 2. The molecule has 0 radical (unpaired) electrons. The molecule has 0 spiro atoms. The number of rotatable bonds is 11. The maximum atomic E-state index is 13.3. The molecule has 11 heteroatoms. The Kier molecular flexibility index (Phi) is 9.74. The molecule has 0 aliphatic heterocycles. The number of anilines is 2. The van der Waals surface area contributed by atoms with Gasteiger partial charge in [0.1, 0.15) is 18.4 Å². The maximum absolute atomic E-state index is 13.3. The molecule has 0 aliphatic rings. The van der Waals surface area contributed by atoms with E-state index < -0.39 is 13.9 Å². The normalized spacial score (nSPS) is 11.4. The molecule has 214 valence electrons.